The molecule has 0 aromatic heterocycles. The Labute approximate surface area is 102 Å². The molecular weight excluding hydrogens is 218 g/mol. The number of hydrogen-bond acceptors (Lipinski definition) is 4. The summed E-state index contributed by atoms with van der Waals surface area (Å²) in [6, 6.07) is 7.75. The molecule has 0 bridgehead atoms. The number of esters is 1. The molecule has 4 nitrogen and oxygen atoms in total. The van der Waals surface area contributed by atoms with Crippen LogP contribution in [-0.2, 0) is 20.7 Å². The lowest BCUT2D eigenvalue weighted by molar-refractivity contribution is -0.141. The van der Waals surface area contributed by atoms with Crippen LogP contribution in [0.25, 0.3) is 0 Å². The number of rotatable bonds is 7. The molecule has 1 aromatic carbocycles. The van der Waals surface area contributed by atoms with E-state index in [-0.39, 0.29) is 5.97 Å². The third-order valence-electron chi connectivity index (χ3n) is 2.47. The molecule has 0 spiro atoms. The van der Waals surface area contributed by atoms with Crippen LogP contribution in [-0.4, -0.2) is 26.3 Å². The maximum Gasteiger partial charge on any atom is 0.305 e. The van der Waals surface area contributed by atoms with Gasteiger partial charge in [0, 0.05) is 18.7 Å². The largest absolute Gasteiger partial charge is 0.469 e. The van der Waals surface area contributed by atoms with E-state index in [0.717, 1.165) is 17.7 Å². The molecule has 2 N–H and O–H groups in total. The number of ether oxygens (including phenoxy) is 2. The topological polar surface area (TPSA) is 61.5 Å². The second-order valence-corrected chi connectivity index (χ2v) is 3.74. The van der Waals surface area contributed by atoms with Crippen molar-refractivity contribution in [2.75, 3.05) is 26.1 Å². The molecule has 94 valence electrons. The summed E-state index contributed by atoms with van der Waals surface area (Å²) in [6.07, 6.45) is 1.89. The molecule has 17 heavy (non-hydrogen) atoms. The van der Waals surface area contributed by atoms with Crippen LogP contribution < -0.4 is 5.73 Å². The summed E-state index contributed by atoms with van der Waals surface area (Å²) in [5.74, 6) is -0.194. The third-order valence-corrected chi connectivity index (χ3v) is 2.47. The van der Waals surface area contributed by atoms with Gasteiger partial charge in [-0.05, 0) is 24.5 Å². The Morgan fingerprint density at radius 3 is 2.76 bits per heavy atom. The van der Waals surface area contributed by atoms with Gasteiger partial charge in [-0.3, -0.25) is 4.79 Å². The maximum atomic E-state index is 10.8. The van der Waals surface area contributed by atoms with Crippen LogP contribution in [0.2, 0.25) is 0 Å². The van der Waals surface area contributed by atoms with E-state index in [1.165, 1.54) is 7.11 Å². The minimum Gasteiger partial charge on any atom is -0.469 e. The van der Waals surface area contributed by atoms with Crippen molar-refractivity contribution < 1.29 is 14.3 Å². The number of hydrogen-bond donors (Lipinski definition) is 1. The van der Waals surface area contributed by atoms with Gasteiger partial charge in [0.25, 0.3) is 0 Å². The fraction of sp³-hybridized carbons (Fsp3) is 0.462. The molecule has 0 unspecified atom stereocenters. The van der Waals surface area contributed by atoms with Gasteiger partial charge < -0.3 is 15.2 Å². The highest BCUT2D eigenvalue weighted by Crippen LogP contribution is 2.10. The van der Waals surface area contributed by atoms with Gasteiger partial charge in [0.05, 0.1) is 13.7 Å². The van der Waals surface area contributed by atoms with Crippen molar-refractivity contribution in [2.24, 2.45) is 0 Å². The first kappa shape index (κ1) is 13.5. The molecule has 0 fully saturated rings. The van der Waals surface area contributed by atoms with Crippen molar-refractivity contribution in [3.63, 3.8) is 0 Å². The van der Waals surface area contributed by atoms with Crippen LogP contribution in [0, 0.1) is 0 Å². The predicted octanol–water partition coefficient (Wildman–Crippen LogP) is 1.78. The Bertz CT molecular complexity index is 352. The van der Waals surface area contributed by atoms with Crippen LogP contribution in [0.5, 0.6) is 0 Å². The quantitative estimate of drug-likeness (QED) is 0.446. The summed E-state index contributed by atoms with van der Waals surface area (Å²) in [4.78, 5) is 10.8. The zero-order valence-corrected chi connectivity index (χ0v) is 10.1. The van der Waals surface area contributed by atoms with Gasteiger partial charge in [0.1, 0.15) is 0 Å². The first-order chi connectivity index (χ1) is 8.24. The summed E-state index contributed by atoms with van der Waals surface area (Å²) < 4.78 is 9.95. The first-order valence-electron chi connectivity index (χ1n) is 5.72. The lowest BCUT2D eigenvalue weighted by atomic mass is 10.1. The lowest BCUT2D eigenvalue weighted by Gasteiger charge is -2.06. The number of nitrogens with two attached hydrogens (primary N) is 1. The smallest absolute Gasteiger partial charge is 0.305 e. The molecular formula is C13H19NO3. The van der Waals surface area contributed by atoms with E-state index in [9.17, 15) is 4.79 Å². The van der Waals surface area contributed by atoms with Crippen LogP contribution in [0.4, 0.5) is 5.69 Å². The summed E-state index contributed by atoms with van der Waals surface area (Å²) in [7, 11) is 1.39. The highest BCUT2D eigenvalue weighted by atomic mass is 16.5. The highest BCUT2D eigenvalue weighted by Gasteiger charge is 2.00. The van der Waals surface area contributed by atoms with E-state index >= 15 is 0 Å². The van der Waals surface area contributed by atoms with Crippen molar-refractivity contribution in [3.05, 3.63) is 29.8 Å². The minimum atomic E-state index is -0.194. The highest BCUT2D eigenvalue weighted by molar-refractivity contribution is 5.68. The van der Waals surface area contributed by atoms with Gasteiger partial charge in [-0.15, -0.1) is 0 Å². The predicted molar refractivity (Wildman–Crippen MR) is 66.6 cm³/mol. The third kappa shape index (κ3) is 5.36. The molecule has 1 rings (SSSR count). The molecule has 0 saturated carbocycles. The summed E-state index contributed by atoms with van der Waals surface area (Å²) in [6.45, 7) is 1.19. The number of nitrogen functional groups attached to an aromatic ring is 1. The Hall–Kier alpha value is -1.55. The molecule has 0 aliphatic heterocycles. The standard InChI is InChI=1S/C13H19NO3/c1-16-13(15)7-4-9-17-10-8-11-5-2-3-6-12(11)14/h2-3,5-6H,4,7-10,14H2,1H3. The van der Waals surface area contributed by atoms with Crippen molar-refractivity contribution >= 4 is 11.7 Å². The van der Waals surface area contributed by atoms with E-state index in [1.807, 2.05) is 24.3 Å². The van der Waals surface area contributed by atoms with Crippen LogP contribution in [0.3, 0.4) is 0 Å². The monoisotopic (exact) mass is 237 g/mol. The SMILES string of the molecule is COC(=O)CCCOCCc1ccccc1N. The second-order valence-electron chi connectivity index (χ2n) is 3.74. The number of methoxy groups -OCH3 is 1. The number of carbonyl (C=O) groups excluding carboxylic acids is 1. The average molecular weight is 237 g/mol. The minimum absolute atomic E-state index is 0.194. The summed E-state index contributed by atoms with van der Waals surface area (Å²) in [5.41, 5.74) is 7.70. The molecule has 0 aliphatic rings. The summed E-state index contributed by atoms with van der Waals surface area (Å²) in [5, 5.41) is 0. The molecule has 0 heterocycles. The van der Waals surface area contributed by atoms with Crippen molar-refractivity contribution in [3.8, 4) is 0 Å². The van der Waals surface area contributed by atoms with Crippen LogP contribution in [0.15, 0.2) is 24.3 Å². The summed E-state index contributed by atoms with van der Waals surface area (Å²) >= 11 is 0. The van der Waals surface area contributed by atoms with E-state index < -0.39 is 0 Å². The average Bonchev–Trinajstić information content (AvgIpc) is 2.35. The zero-order valence-electron chi connectivity index (χ0n) is 10.1. The molecule has 0 saturated heterocycles. The van der Waals surface area contributed by atoms with Gasteiger partial charge in [-0.25, -0.2) is 0 Å². The Kier molecular flexibility index (Phi) is 6.10. The molecule has 0 radical (unpaired) electrons. The van der Waals surface area contributed by atoms with Crippen LogP contribution in [0.1, 0.15) is 18.4 Å². The van der Waals surface area contributed by atoms with E-state index in [1.54, 1.807) is 0 Å². The number of anilines is 1. The van der Waals surface area contributed by atoms with E-state index in [0.29, 0.717) is 26.1 Å². The fourth-order valence-corrected chi connectivity index (χ4v) is 1.47. The van der Waals surface area contributed by atoms with Crippen molar-refractivity contribution in [2.45, 2.75) is 19.3 Å². The molecule has 0 aliphatic carbocycles. The van der Waals surface area contributed by atoms with Gasteiger partial charge in [-0.2, -0.15) is 0 Å². The van der Waals surface area contributed by atoms with Crippen molar-refractivity contribution in [1.29, 1.82) is 0 Å². The number of benzene rings is 1. The molecule has 4 heteroatoms. The van der Waals surface area contributed by atoms with Crippen LogP contribution >= 0.6 is 0 Å². The Morgan fingerprint density at radius 2 is 2.06 bits per heavy atom. The van der Waals surface area contributed by atoms with Crippen molar-refractivity contribution in [1.82, 2.24) is 0 Å². The molecule has 1 aromatic rings. The second kappa shape index (κ2) is 7.68. The van der Waals surface area contributed by atoms with E-state index in [4.69, 9.17) is 10.5 Å². The fourth-order valence-electron chi connectivity index (χ4n) is 1.47. The molecule has 0 atom stereocenters. The first-order valence-corrected chi connectivity index (χ1v) is 5.72. The number of para-hydroxylation sites is 1. The lowest BCUT2D eigenvalue weighted by Crippen LogP contribution is -2.05. The van der Waals surface area contributed by atoms with Gasteiger partial charge in [0.15, 0.2) is 0 Å². The van der Waals surface area contributed by atoms with Gasteiger partial charge >= 0.3 is 5.97 Å². The Balaban J connectivity index is 2.09. The number of carbonyl (C=O) groups is 1. The zero-order chi connectivity index (χ0) is 12.5. The van der Waals surface area contributed by atoms with Gasteiger partial charge in [0.2, 0.25) is 0 Å². The molecule has 0 amide bonds. The maximum absolute atomic E-state index is 10.8. The van der Waals surface area contributed by atoms with Gasteiger partial charge in [-0.1, -0.05) is 18.2 Å². The normalized spacial score (nSPS) is 10.2. The van der Waals surface area contributed by atoms with E-state index in [2.05, 4.69) is 4.74 Å². The Morgan fingerprint density at radius 1 is 1.29 bits per heavy atom.